The molecule has 3 rings (SSSR count). The Morgan fingerprint density at radius 2 is 2.18 bits per heavy atom. The number of carbonyl (C=O) groups is 2. The molecule has 1 amide bonds. The first kappa shape index (κ1) is 14.6. The lowest BCUT2D eigenvalue weighted by Crippen LogP contribution is -2.46. The van der Waals surface area contributed by atoms with Crippen molar-refractivity contribution in [2.45, 2.75) is 12.5 Å². The molecule has 1 saturated heterocycles. The van der Waals surface area contributed by atoms with Gasteiger partial charge in [0.25, 0.3) is 5.91 Å². The minimum Gasteiger partial charge on any atom is -0.481 e. The van der Waals surface area contributed by atoms with Gasteiger partial charge in [0.1, 0.15) is 0 Å². The first-order valence-electron chi connectivity index (χ1n) is 7.23. The van der Waals surface area contributed by atoms with Crippen LogP contribution in [0.5, 0.6) is 0 Å². The maximum Gasteiger partial charge on any atom is 0.306 e. The third-order valence-corrected chi connectivity index (χ3v) is 3.99. The number of hydrogen-bond acceptors (Lipinski definition) is 3. The van der Waals surface area contributed by atoms with Crippen molar-refractivity contribution in [3.05, 3.63) is 36.0 Å². The number of carboxylic acids is 1. The second-order valence-corrected chi connectivity index (χ2v) is 5.51. The van der Waals surface area contributed by atoms with Crippen molar-refractivity contribution in [1.82, 2.24) is 9.47 Å². The zero-order valence-electron chi connectivity index (χ0n) is 12.4. The monoisotopic (exact) mass is 302 g/mol. The standard InChI is InChI=1S/C16H18N2O4/c1-17-6-5-12-13(3-2-4-14(12)17)16(21)18-7-8-22-11(10-18)9-15(19)20/h2-6,11H,7-10H2,1H3,(H,19,20)/t11-/m0/s1. The van der Waals surface area contributed by atoms with Crippen molar-refractivity contribution < 1.29 is 19.4 Å². The number of aliphatic carboxylic acids is 1. The lowest BCUT2D eigenvalue weighted by Gasteiger charge is -2.32. The normalized spacial score (nSPS) is 18.6. The van der Waals surface area contributed by atoms with E-state index in [2.05, 4.69) is 0 Å². The second-order valence-electron chi connectivity index (χ2n) is 5.51. The third-order valence-electron chi connectivity index (χ3n) is 3.99. The zero-order chi connectivity index (χ0) is 15.7. The molecule has 6 heteroatoms. The minimum absolute atomic E-state index is 0.0736. The molecule has 0 bridgehead atoms. The van der Waals surface area contributed by atoms with Gasteiger partial charge in [0.2, 0.25) is 0 Å². The Morgan fingerprint density at radius 3 is 2.95 bits per heavy atom. The van der Waals surface area contributed by atoms with Crippen molar-refractivity contribution in [3.8, 4) is 0 Å². The SMILES string of the molecule is Cn1ccc2c(C(=O)N3CCO[C@@H](CC(=O)O)C3)cccc21. The molecule has 116 valence electrons. The second kappa shape index (κ2) is 5.81. The van der Waals surface area contributed by atoms with E-state index in [9.17, 15) is 9.59 Å². The molecule has 0 unspecified atom stereocenters. The first-order chi connectivity index (χ1) is 10.6. The minimum atomic E-state index is -0.913. The number of fused-ring (bicyclic) bond motifs is 1. The van der Waals surface area contributed by atoms with Gasteiger partial charge in [-0.25, -0.2) is 0 Å². The summed E-state index contributed by atoms with van der Waals surface area (Å²) in [6.45, 7) is 1.17. The summed E-state index contributed by atoms with van der Waals surface area (Å²) in [7, 11) is 1.94. The molecule has 1 N–H and O–H groups in total. The van der Waals surface area contributed by atoms with E-state index in [4.69, 9.17) is 9.84 Å². The number of hydrogen-bond donors (Lipinski definition) is 1. The average molecular weight is 302 g/mol. The van der Waals surface area contributed by atoms with Gasteiger partial charge in [0.05, 0.1) is 19.1 Å². The zero-order valence-corrected chi connectivity index (χ0v) is 12.4. The van der Waals surface area contributed by atoms with E-state index in [1.54, 1.807) is 4.90 Å². The fourth-order valence-electron chi connectivity index (χ4n) is 2.88. The highest BCUT2D eigenvalue weighted by atomic mass is 16.5. The van der Waals surface area contributed by atoms with Crippen LogP contribution in [-0.2, 0) is 16.6 Å². The molecular weight excluding hydrogens is 284 g/mol. The van der Waals surface area contributed by atoms with Gasteiger partial charge in [-0.15, -0.1) is 0 Å². The molecule has 1 aromatic heterocycles. The largest absolute Gasteiger partial charge is 0.481 e. The van der Waals surface area contributed by atoms with Gasteiger partial charge in [-0.2, -0.15) is 0 Å². The molecule has 0 aliphatic carbocycles. The topological polar surface area (TPSA) is 71.8 Å². The van der Waals surface area contributed by atoms with E-state index in [0.717, 1.165) is 10.9 Å². The summed E-state index contributed by atoms with van der Waals surface area (Å²) in [4.78, 5) is 25.3. The van der Waals surface area contributed by atoms with E-state index in [-0.39, 0.29) is 12.3 Å². The van der Waals surface area contributed by atoms with E-state index < -0.39 is 12.1 Å². The number of carbonyl (C=O) groups excluding carboxylic acids is 1. The number of amides is 1. The highest BCUT2D eigenvalue weighted by Gasteiger charge is 2.27. The molecule has 22 heavy (non-hydrogen) atoms. The Bertz CT molecular complexity index is 722. The molecule has 2 heterocycles. The van der Waals surface area contributed by atoms with Crippen molar-refractivity contribution in [2.75, 3.05) is 19.7 Å². The van der Waals surface area contributed by atoms with Gasteiger partial charge >= 0.3 is 5.97 Å². The van der Waals surface area contributed by atoms with Gasteiger partial charge in [0.15, 0.2) is 0 Å². The summed E-state index contributed by atoms with van der Waals surface area (Å²) in [5.74, 6) is -0.986. The lowest BCUT2D eigenvalue weighted by molar-refractivity contribution is -0.141. The first-order valence-corrected chi connectivity index (χ1v) is 7.23. The molecular formula is C16H18N2O4. The number of rotatable bonds is 3. The van der Waals surface area contributed by atoms with Gasteiger partial charge in [-0.1, -0.05) is 6.07 Å². The maximum atomic E-state index is 12.8. The summed E-state index contributed by atoms with van der Waals surface area (Å²) in [5, 5.41) is 9.78. The maximum absolute atomic E-state index is 12.8. The van der Waals surface area contributed by atoms with Gasteiger partial charge in [0, 0.05) is 42.8 Å². The van der Waals surface area contributed by atoms with Crippen LogP contribution >= 0.6 is 0 Å². The Kier molecular flexibility index (Phi) is 3.85. The van der Waals surface area contributed by atoms with Crippen LogP contribution in [0.3, 0.4) is 0 Å². The van der Waals surface area contributed by atoms with Gasteiger partial charge in [-0.05, 0) is 18.2 Å². The molecule has 0 spiro atoms. The molecule has 1 fully saturated rings. The van der Waals surface area contributed by atoms with Crippen molar-refractivity contribution >= 4 is 22.8 Å². The van der Waals surface area contributed by atoms with Crippen molar-refractivity contribution in [3.63, 3.8) is 0 Å². The van der Waals surface area contributed by atoms with Crippen LogP contribution in [0.2, 0.25) is 0 Å². The fraction of sp³-hybridized carbons (Fsp3) is 0.375. The Balaban J connectivity index is 1.84. The summed E-state index contributed by atoms with van der Waals surface area (Å²) >= 11 is 0. The molecule has 1 aromatic carbocycles. The van der Waals surface area contributed by atoms with Crippen LogP contribution in [0.4, 0.5) is 0 Å². The Hall–Kier alpha value is -2.34. The van der Waals surface area contributed by atoms with E-state index in [1.165, 1.54) is 0 Å². The number of benzene rings is 1. The quantitative estimate of drug-likeness (QED) is 0.932. The van der Waals surface area contributed by atoms with Crippen LogP contribution in [0, 0.1) is 0 Å². The fourth-order valence-corrected chi connectivity index (χ4v) is 2.88. The van der Waals surface area contributed by atoms with Crippen molar-refractivity contribution in [2.24, 2.45) is 7.05 Å². The van der Waals surface area contributed by atoms with Crippen LogP contribution in [0.25, 0.3) is 10.9 Å². The molecule has 6 nitrogen and oxygen atoms in total. The van der Waals surface area contributed by atoms with Crippen LogP contribution < -0.4 is 0 Å². The van der Waals surface area contributed by atoms with Gasteiger partial charge < -0.3 is 19.3 Å². The summed E-state index contributed by atoms with van der Waals surface area (Å²) in [5.41, 5.74) is 1.65. The smallest absolute Gasteiger partial charge is 0.306 e. The number of aryl methyl sites for hydroxylation is 1. The van der Waals surface area contributed by atoms with Crippen LogP contribution in [0.1, 0.15) is 16.8 Å². The third kappa shape index (κ3) is 2.69. The molecule has 1 atom stereocenters. The van der Waals surface area contributed by atoms with Crippen LogP contribution in [-0.4, -0.2) is 52.3 Å². The van der Waals surface area contributed by atoms with Gasteiger partial charge in [-0.3, -0.25) is 9.59 Å². The predicted molar refractivity (Wildman–Crippen MR) is 80.8 cm³/mol. The van der Waals surface area contributed by atoms with E-state index in [1.807, 2.05) is 42.1 Å². The molecule has 2 aromatic rings. The molecule has 0 saturated carbocycles. The molecule has 0 radical (unpaired) electrons. The molecule has 1 aliphatic rings. The van der Waals surface area contributed by atoms with Crippen LogP contribution in [0.15, 0.2) is 30.5 Å². The average Bonchev–Trinajstić information content (AvgIpc) is 2.88. The number of aromatic nitrogens is 1. The van der Waals surface area contributed by atoms with E-state index >= 15 is 0 Å². The number of nitrogens with zero attached hydrogens (tertiary/aromatic N) is 2. The number of morpholine rings is 1. The van der Waals surface area contributed by atoms with E-state index in [0.29, 0.717) is 25.3 Å². The van der Waals surface area contributed by atoms with Crippen molar-refractivity contribution in [1.29, 1.82) is 0 Å². The Labute approximate surface area is 127 Å². The highest BCUT2D eigenvalue weighted by Crippen LogP contribution is 2.22. The lowest BCUT2D eigenvalue weighted by atomic mass is 10.1. The molecule has 1 aliphatic heterocycles. The number of ether oxygens (including phenoxy) is 1. The number of carboxylic acid groups (broad SMARTS) is 1. The highest BCUT2D eigenvalue weighted by molar-refractivity contribution is 6.06. The summed E-state index contributed by atoms with van der Waals surface area (Å²) in [6.07, 6.45) is 1.40. The summed E-state index contributed by atoms with van der Waals surface area (Å²) in [6, 6.07) is 7.58. The Morgan fingerprint density at radius 1 is 1.36 bits per heavy atom. The summed E-state index contributed by atoms with van der Waals surface area (Å²) < 4.78 is 7.39. The predicted octanol–water partition coefficient (Wildman–Crippen LogP) is 1.49.